The van der Waals surface area contributed by atoms with Crippen molar-refractivity contribution < 1.29 is 4.74 Å². The maximum atomic E-state index is 9.03. The molecular weight excluding hydrogens is 250 g/mol. The summed E-state index contributed by atoms with van der Waals surface area (Å²) in [5.41, 5.74) is 1.79. The Bertz CT molecular complexity index is 647. The molecule has 0 N–H and O–H groups in total. The van der Waals surface area contributed by atoms with Crippen molar-refractivity contribution in [1.29, 1.82) is 5.26 Å². The summed E-state index contributed by atoms with van der Waals surface area (Å²) < 4.78 is 5.27. The lowest BCUT2D eigenvalue weighted by molar-refractivity contribution is 0.419. The van der Waals surface area contributed by atoms with Crippen molar-refractivity contribution >= 4 is 28.2 Å². The first kappa shape index (κ1) is 12.5. The third kappa shape index (κ3) is 1.93. The van der Waals surface area contributed by atoms with Gasteiger partial charge in [0, 0.05) is 19.5 Å². The summed E-state index contributed by atoms with van der Waals surface area (Å²) in [6.45, 7) is 0. The molecule has 0 bridgehead atoms. The number of ether oxygens (including phenoxy) is 1. The Hall–Kier alpha value is -1.99. The molecule has 2 rings (SSSR count). The van der Waals surface area contributed by atoms with Crippen LogP contribution in [-0.2, 0) is 0 Å². The van der Waals surface area contributed by atoms with E-state index in [1.807, 2.05) is 25.1 Å². The van der Waals surface area contributed by atoms with E-state index in [-0.39, 0.29) is 0 Å². The van der Waals surface area contributed by atoms with Crippen molar-refractivity contribution in [2.24, 2.45) is 0 Å². The third-order valence-electron chi connectivity index (χ3n) is 2.67. The topological polar surface area (TPSA) is 49.1 Å². The number of aromatic nitrogens is 1. The second kappa shape index (κ2) is 4.71. The molecule has 0 aliphatic rings. The van der Waals surface area contributed by atoms with Gasteiger partial charge in [-0.15, -0.1) is 0 Å². The lowest BCUT2D eigenvalue weighted by Gasteiger charge is -2.17. The Morgan fingerprint density at radius 1 is 1.39 bits per heavy atom. The lowest BCUT2D eigenvalue weighted by Crippen LogP contribution is -2.10. The van der Waals surface area contributed by atoms with E-state index in [1.165, 1.54) is 0 Å². The standard InChI is InChI=1S/C13H12ClN3O/c1-17(2)10-6-8(7-15)16-13-11(18-3)5-4-9(14)12(10)13/h4-6H,1-3H3. The summed E-state index contributed by atoms with van der Waals surface area (Å²) in [5, 5.41) is 10.4. The van der Waals surface area contributed by atoms with Crippen molar-refractivity contribution in [3.63, 3.8) is 0 Å². The van der Waals surface area contributed by atoms with Gasteiger partial charge in [-0.25, -0.2) is 4.98 Å². The molecule has 0 saturated heterocycles. The number of methoxy groups -OCH3 is 1. The van der Waals surface area contributed by atoms with Gasteiger partial charge < -0.3 is 9.64 Å². The smallest absolute Gasteiger partial charge is 0.145 e. The van der Waals surface area contributed by atoms with Crippen molar-refractivity contribution in [2.75, 3.05) is 26.1 Å². The van der Waals surface area contributed by atoms with E-state index in [0.717, 1.165) is 11.1 Å². The van der Waals surface area contributed by atoms with E-state index in [1.54, 1.807) is 25.3 Å². The van der Waals surface area contributed by atoms with Gasteiger partial charge in [0.2, 0.25) is 0 Å². The van der Waals surface area contributed by atoms with Crippen LogP contribution in [0, 0.1) is 11.3 Å². The molecule has 1 heterocycles. The minimum absolute atomic E-state index is 0.340. The van der Waals surface area contributed by atoms with Crippen LogP contribution in [-0.4, -0.2) is 26.2 Å². The highest BCUT2D eigenvalue weighted by atomic mass is 35.5. The molecule has 0 atom stereocenters. The molecule has 0 spiro atoms. The molecule has 18 heavy (non-hydrogen) atoms. The minimum Gasteiger partial charge on any atom is -0.494 e. The van der Waals surface area contributed by atoms with Crippen LogP contribution in [0.1, 0.15) is 5.69 Å². The van der Waals surface area contributed by atoms with Gasteiger partial charge in [0.15, 0.2) is 0 Å². The average molecular weight is 262 g/mol. The van der Waals surface area contributed by atoms with Crippen LogP contribution in [0.25, 0.3) is 10.9 Å². The number of fused-ring (bicyclic) bond motifs is 1. The first-order valence-corrected chi connectivity index (χ1v) is 5.71. The van der Waals surface area contributed by atoms with Crippen LogP contribution in [0.4, 0.5) is 5.69 Å². The largest absolute Gasteiger partial charge is 0.494 e. The fourth-order valence-electron chi connectivity index (χ4n) is 1.83. The summed E-state index contributed by atoms with van der Waals surface area (Å²) in [5.74, 6) is 0.606. The zero-order valence-electron chi connectivity index (χ0n) is 10.4. The maximum absolute atomic E-state index is 9.03. The van der Waals surface area contributed by atoms with Crippen LogP contribution in [0.5, 0.6) is 5.75 Å². The molecule has 0 fully saturated rings. The Kier molecular flexibility index (Phi) is 3.26. The second-order valence-corrected chi connectivity index (χ2v) is 4.41. The van der Waals surface area contributed by atoms with Crippen LogP contribution in [0.3, 0.4) is 0 Å². The number of halogens is 1. The van der Waals surface area contributed by atoms with Gasteiger partial charge in [0.25, 0.3) is 0 Å². The minimum atomic E-state index is 0.340. The number of pyridine rings is 1. The van der Waals surface area contributed by atoms with E-state index in [0.29, 0.717) is 22.0 Å². The van der Waals surface area contributed by atoms with Crippen LogP contribution in [0.2, 0.25) is 5.02 Å². The predicted molar refractivity (Wildman–Crippen MR) is 72.3 cm³/mol. The van der Waals surface area contributed by atoms with Gasteiger partial charge in [-0.05, 0) is 18.2 Å². The lowest BCUT2D eigenvalue weighted by atomic mass is 10.1. The zero-order valence-corrected chi connectivity index (χ0v) is 11.1. The molecule has 4 nitrogen and oxygen atoms in total. The maximum Gasteiger partial charge on any atom is 0.145 e. The normalized spacial score (nSPS) is 10.2. The van der Waals surface area contributed by atoms with Crippen molar-refractivity contribution in [1.82, 2.24) is 4.98 Å². The Balaban J connectivity index is 2.95. The van der Waals surface area contributed by atoms with Gasteiger partial charge in [0.05, 0.1) is 17.8 Å². The highest BCUT2D eigenvalue weighted by Gasteiger charge is 2.14. The average Bonchev–Trinajstić information content (AvgIpc) is 2.37. The van der Waals surface area contributed by atoms with Crippen molar-refractivity contribution in [3.05, 3.63) is 28.9 Å². The van der Waals surface area contributed by atoms with E-state index in [9.17, 15) is 0 Å². The first-order chi connectivity index (χ1) is 8.58. The van der Waals surface area contributed by atoms with Crippen molar-refractivity contribution in [2.45, 2.75) is 0 Å². The van der Waals surface area contributed by atoms with Gasteiger partial charge in [0.1, 0.15) is 23.0 Å². The first-order valence-electron chi connectivity index (χ1n) is 5.33. The van der Waals surface area contributed by atoms with Crippen LogP contribution >= 0.6 is 11.6 Å². The fraction of sp³-hybridized carbons (Fsp3) is 0.231. The monoisotopic (exact) mass is 261 g/mol. The number of nitriles is 1. The van der Waals surface area contributed by atoms with Gasteiger partial charge >= 0.3 is 0 Å². The van der Waals surface area contributed by atoms with Gasteiger partial charge in [-0.2, -0.15) is 5.26 Å². The van der Waals surface area contributed by atoms with E-state index >= 15 is 0 Å². The molecule has 0 aliphatic heterocycles. The SMILES string of the molecule is COc1ccc(Cl)c2c(N(C)C)cc(C#N)nc12. The quantitative estimate of drug-likeness (QED) is 0.834. The van der Waals surface area contributed by atoms with Gasteiger partial charge in [-0.3, -0.25) is 0 Å². The molecule has 0 amide bonds. The number of hydrogen-bond acceptors (Lipinski definition) is 4. The van der Waals surface area contributed by atoms with E-state index in [2.05, 4.69) is 4.98 Å². The second-order valence-electron chi connectivity index (χ2n) is 4.01. The number of rotatable bonds is 2. The van der Waals surface area contributed by atoms with Gasteiger partial charge in [-0.1, -0.05) is 11.6 Å². The molecule has 2 aromatic rings. The highest BCUT2D eigenvalue weighted by Crippen LogP contribution is 2.36. The van der Waals surface area contributed by atoms with E-state index in [4.69, 9.17) is 21.6 Å². The molecule has 0 aliphatic carbocycles. The van der Waals surface area contributed by atoms with Crippen molar-refractivity contribution in [3.8, 4) is 11.8 Å². The third-order valence-corrected chi connectivity index (χ3v) is 2.98. The van der Waals surface area contributed by atoms with E-state index < -0.39 is 0 Å². The number of nitrogens with zero attached hydrogens (tertiary/aromatic N) is 3. The highest BCUT2D eigenvalue weighted by molar-refractivity contribution is 6.36. The Morgan fingerprint density at radius 3 is 2.67 bits per heavy atom. The Labute approximate surface area is 110 Å². The number of hydrogen-bond donors (Lipinski definition) is 0. The predicted octanol–water partition coefficient (Wildman–Crippen LogP) is 2.83. The fourth-order valence-corrected chi connectivity index (χ4v) is 2.08. The summed E-state index contributed by atoms with van der Waals surface area (Å²) in [6.07, 6.45) is 0. The summed E-state index contributed by atoms with van der Waals surface area (Å²) in [6, 6.07) is 7.28. The molecule has 0 saturated carbocycles. The molecule has 0 radical (unpaired) electrons. The summed E-state index contributed by atoms with van der Waals surface area (Å²) in [7, 11) is 5.36. The molecule has 0 unspecified atom stereocenters. The zero-order chi connectivity index (χ0) is 13.3. The number of benzene rings is 1. The summed E-state index contributed by atoms with van der Waals surface area (Å²) >= 11 is 6.23. The molecule has 1 aromatic carbocycles. The molecule has 92 valence electrons. The van der Waals surface area contributed by atoms with Crippen LogP contribution < -0.4 is 9.64 Å². The molecular formula is C13H12ClN3O. The summed E-state index contributed by atoms with van der Waals surface area (Å²) in [4.78, 5) is 6.17. The number of anilines is 1. The molecule has 5 heteroatoms. The molecule has 1 aromatic heterocycles. The van der Waals surface area contributed by atoms with Crippen LogP contribution in [0.15, 0.2) is 18.2 Å². The Morgan fingerprint density at radius 2 is 2.11 bits per heavy atom.